The van der Waals surface area contributed by atoms with Crippen LogP contribution in [-0.4, -0.2) is 57.7 Å². The summed E-state index contributed by atoms with van der Waals surface area (Å²) in [6.07, 6.45) is 3.14. The molecule has 0 radical (unpaired) electrons. The molecule has 196 valence electrons. The quantitative estimate of drug-likeness (QED) is 0.157. The molecule has 4 rings (SSSR count). The van der Waals surface area contributed by atoms with Crippen molar-refractivity contribution in [3.05, 3.63) is 93.7 Å². The largest absolute Gasteiger partial charge is 0.486 e. The number of para-hydroxylation sites is 1. The molecule has 1 saturated heterocycles. The number of amides is 1. The molecule has 1 amide bonds. The zero-order valence-electron chi connectivity index (χ0n) is 20.0. The monoisotopic (exact) mass is 537 g/mol. The van der Waals surface area contributed by atoms with Crippen LogP contribution in [0.1, 0.15) is 16.8 Å². The first-order valence-corrected chi connectivity index (χ1v) is 12.6. The van der Waals surface area contributed by atoms with Gasteiger partial charge in [0.15, 0.2) is 5.78 Å². The number of β-lactam (4-membered cyclic amide) rings is 1. The lowest BCUT2D eigenvalue weighted by atomic mass is 9.90. The van der Waals surface area contributed by atoms with E-state index in [-0.39, 0.29) is 42.3 Å². The number of nitrogens with two attached hydrogens (primary N) is 1. The van der Waals surface area contributed by atoms with Gasteiger partial charge in [0.05, 0.1) is 21.8 Å². The predicted octanol–water partition coefficient (Wildman–Crippen LogP) is 2.62. The maximum Gasteiger partial charge on any atom is 0.363 e. The van der Waals surface area contributed by atoms with Gasteiger partial charge in [0, 0.05) is 30.9 Å². The van der Waals surface area contributed by atoms with Crippen LogP contribution >= 0.6 is 11.8 Å². The molecule has 0 unspecified atom stereocenters. The second-order valence-electron chi connectivity index (χ2n) is 8.35. The number of carbonyl (C=O) groups excluding carboxylic acids is 4. The van der Waals surface area contributed by atoms with Crippen LogP contribution in [-0.2, 0) is 19.1 Å². The molecule has 0 spiro atoms. The van der Waals surface area contributed by atoms with E-state index in [1.54, 1.807) is 36.4 Å². The van der Waals surface area contributed by atoms with E-state index in [9.17, 15) is 29.3 Å². The Balaban J connectivity index is 1.46. The van der Waals surface area contributed by atoms with Gasteiger partial charge in [-0.15, -0.1) is 11.8 Å². The number of Topliss-reactive ketones (excluding diaryl/α,β-unsaturated/α-hetero) is 1. The van der Waals surface area contributed by atoms with Crippen molar-refractivity contribution in [3.63, 3.8) is 0 Å². The van der Waals surface area contributed by atoms with Crippen molar-refractivity contribution in [1.29, 1.82) is 0 Å². The number of nitro benzene ring substituents is 1. The number of hydrogen-bond acceptors (Lipinski definition) is 10. The van der Waals surface area contributed by atoms with Crippen LogP contribution in [0.15, 0.2) is 78.0 Å². The zero-order chi connectivity index (χ0) is 27.2. The standard InChI is InChI=1S/C26H23N3O8S/c27-12-4-5-17-15-38-24-21(13-19(30)14-36-20-6-2-1-3-7-20)23(31)28(24)22(17)26(33)37-25(32)16-8-10-18(11-9-16)29(34)35/h1-11,21,24H,12-15,27H2/b5-4+/t21-,24-/m1/s1. The van der Waals surface area contributed by atoms with Crippen LogP contribution in [0.2, 0.25) is 0 Å². The highest BCUT2D eigenvalue weighted by Gasteiger charge is 2.54. The van der Waals surface area contributed by atoms with E-state index in [1.807, 2.05) is 6.07 Å². The number of thioether (sulfide) groups is 1. The smallest absolute Gasteiger partial charge is 0.363 e. The zero-order valence-corrected chi connectivity index (χ0v) is 20.8. The number of ether oxygens (including phenoxy) is 2. The molecule has 1 fully saturated rings. The molecule has 12 heteroatoms. The lowest BCUT2D eigenvalue weighted by molar-refractivity contribution is -0.384. The molecular formula is C26H23N3O8S. The molecule has 11 nitrogen and oxygen atoms in total. The molecule has 2 aliphatic rings. The maximum absolute atomic E-state index is 13.1. The van der Waals surface area contributed by atoms with Crippen LogP contribution in [0.5, 0.6) is 5.75 Å². The summed E-state index contributed by atoms with van der Waals surface area (Å²) < 4.78 is 10.5. The molecule has 0 bridgehead atoms. The minimum Gasteiger partial charge on any atom is -0.486 e. The van der Waals surface area contributed by atoms with Crippen LogP contribution in [0.3, 0.4) is 0 Å². The topological polar surface area (TPSA) is 159 Å². The second-order valence-corrected chi connectivity index (χ2v) is 9.46. The van der Waals surface area contributed by atoms with Gasteiger partial charge in [0.25, 0.3) is 5.69 Å². The van der Waals surface area contributed by atoms with E-state index < -0.39 is 34.1 Å². The van der Waals surface area contributed by atoms with Crippen LogP contribution in [0, 0.1) is 16.0 Å². The first kappa shape index (κ1) is 26.8. The average molecular weight is 538 g/mol. The van der Waals surface area contributed by atoms with E-state index in [1.165, 1.54) is 28.8 Å². The number of allylic oxidation sites excluding steroid dienone is 1. The van der Waals surface area contributed by atoms with Crippen molar-refractivity contribution < 1.29 is 33.6 Å². The summed E-state index contributed by atoms with van der Waals surface area (Å²) in [6.45, 7) is -0.00171. The number of carbonyl (C=O) groups is 4. The highest BCUT2D eigenvalue weighted by molar-refractivity contribution is 8.00. The van der Waals surface area contributed by atoms with Gasteiger partial charge in [-0.05, 0) is 29.8 Å². The molecule has 2 atom stereocenters. The summed E-state index contributed by atoms with van der Waals surface area (Å²) in [5.41, 5.74) is 5.61. The van der Waals surface area contributed by atoms with Crippen molar-refractivity contribution in [2.45, 2.75) is 11.8 Å². The van der Waals surface area contributed by atoms with Crippen molar-refractivity contribution >= 4 is 41.1 Å². The van der Waals surface area contributed by atoms with Gasteiger partial charge in [-0.3, -0.25) is 24.6 Å². The Bertz CT molecular complexity index is 1320. The Morgan fingerprint density at radius 2 is 1.82 bits per heavy atom. The fraction of sp³-hybridized carbons (Fsp3) is 0.231. The van der Waals surface area contributed by atoms with Crippen LogP contribution in [0.4, 0.5) is 5.69 Å². The summed E-state index contributed by atoms with van der Waals surface area (Å²) in [5.74, 6) is -2.55. The SMILES string of the molecule is NC/C=C/C1=C(C(=O)OC(=O)c2ccc([N+](=O)[O-])cc2)N2C(=O)[C@@H](CC(=O)COc3ccccc3)[C@H]2SC1. The van der Waals surface area contributed by atoms with Gasteiger partial charge in [-0.2, -0.15) is 0 Å². The number of non-ortho nitro benzene ring substituents is 1. The van der Waals surface area contributed by atoms with Crippen molar-refractivity contribution in [1.82, 2.24) is 4.90 Å². The van der Waals surface area contributed by atoms with Gasteiger partial charge < -0.3 is 15.2 Å². The Kier molecular flexibility index (Phi) is 8.34. The molecular weight excluding hydrogens is 514 g/mol. The molecule has 38 heavy (non-hydrogen) atoms. The van der Waals surface area contributed by atoms with Crippen molar-refractivity contribution in [3.8, 4) is 5.75 Å². The molecule has 2 aromatic rings. The Morgan fingerprint density at radius 3 is 2.47 bits per heavy atom. The summed E-state index contributed by atoms with van der Waals surface area (Å²) in [6, 6.07) is 13.4. The molecule has 2 aromatic carbocycles. The van der Waals surface area contributed by atoms with E-state index >= 15 is 0 Å². The van der Waals surface area contributed by atoms with Gasteiger partial charge in [-0.25, -0.2) is 9.59 Å². The van der Waals surface area contributed by atoms with Crippen molar-refractivity contribution in [2.75, 3.05) is 18.9 Å². The normalized spacial score (nSPS) is 18.6. The lowest BCUT2D eigenvalue weighted by Gasteiger charge is -2.49. The molecule has 2 N–H and O–H groups in total. The summed E-state index contributed by atoms with van der Waals surface area (Å²) in [4.78, 5) is 62.7. The first-order chi connectivity index (χ1) is 18.3. The Morgan fingerprint density at radius 1 is 1.11 bits per heavy atom. The van der Waals surface area contributed by atoms with Crippen molar-refractivity contribution in [2.24, 2.45) is 11.7 Å². The third-order valence-electron chi connectivity index (χ3n) is 5.85. The third kappa shape index (κ3) is 5.82. The summed E-state index contributed by atoms with van der Waals surface area (Å²) in [7, 11) is 0. The summed E-state index contributed by atoms with van der Waals surface area (Å²) in [5, 5.41) is 10.3. The molecule has 2 heterocycles. The van der Waals surface area contributed by atoms with Gasteiger partial charge in [0.1, 0.15) is 18.1 Å². The third-order valence-corrected chi connectivity index (χ3v) is 7.20. The molecule has 2 aliphatic heterocycles. The molecule has 0 saturated carbocycles. The number of rotatable bonds is 10. The van der Waals surface area contributed by atoms with E-state index in [0.717, 1.165) is 12.1 Å². The Hall–Kier alpha value is -4.29. The minimum absolute atomic E-state index is 0.0577. The summed E-state index contributed by atoms with van der Waals surface area (Å²) >= 11 is 1.39. The number of hydrogen-bond donors (Lipinski definition) is 1. The number of benzene rings is 2. The van der Waals surface area contributed by atoms with Crippen LogP contribution in [0.25, 0.3) is 0 Å². The number of ketones is 1. The number of nitro groups is 1. The fourth-order valence-corrected chi connectivity index (χ4v) is 5.39. The fourth-order valence-electron chi connectivity index (χ4n) is 4.00. The molecule has 0 aliphatic carbocycles. The number of nitrogens with zero attached hydrogens (tertiary/aromatic N) is 2. The van der Waals surface area contributed by atoms with E-state index in [2.05, 4.69) is 0 Å². The van der Waals surface area contributed by atoms with Gasteiger partial charge >= 0.3 is 11.9 Å². The molecule has 0 aromatic heterocycles. The average Bonchev–Trinajstić information content (AvgIpc) is 2.93. The van der Waals surface area contributed by atoms with Crippen LogP contribution < -0.4 is 10.5 Å². The lowest BCUT2D eigenvalue weighted by Crippen LogP contribution is -2.62. The number of esters is 2. The van der Waals surface area contributed by atoms with Gasteiger partial charge in [-0.1, -0.05) is 30.4 Å². The highest BCUT2D eigenvalue weighted by atomic mass is 32.2. The Labute approximate surface area is 221 Å². The second kappa shape index (κ2) is 11.8. The predicted molar refractivity (Wildman–Crippen MR) is 137 cm³/mol. The minimum atomic E-state index is -1.04. The van der Waals surface area contributed by atoms with E-state index in [4.69, 9.17) is 15.2 Å². The highest BCUT2D eigenvalue weighted by Crippen LogP contribution is 2.45. The van der Waals surface area contributed by atoms with Gasteiger partial charge in [0.2, 0.25) is 5.91 Å². The first-order valence-electron chi connectivity index (χ1n) is 11.5. The number of fused-ring (bicyclic) bond motifs is 1. The van der Waals surface area contributed by atoms with E-state index in [0.29, 0.717) is 17.1 Å². The maximum atomic E-state index is 13.1.